The second-order valence-corrected chi connectivity index (χ2v) is 7.01. The summed E-state index contributed by atoms with van der Waals surface area (Å²) >= 11 is 1.46. The fourth-order valence-corrected chi connectivity index (χ4v) is 3.29. The summed E-state index contributed by atoms with van der Waals surface area (Å²) in [6, 6.07) is 16.1. The zero-order chi connectivity index (χ0) is 19.2. The summed E-state index contributed by atoms with van der Waals surface area (Å²) < 4.78 is 11.4. The number of thiazole rings is 1. The topological polar surface area (TPSA) is 55.1 Å². The van der Waals surface area contributed by atoms with Crippen molar-refractivity contribution in [3.8, 4) is 17.6 Å². The lowest BCUT2D eigenvalue weighted by Crippen LogP contribution is -1.98. The van der Waals surface area contributed by atoms with Gasteiger partial charge in [-0.15, -0.1) is 11.3 Å². The Balaban J connectivity index is 1.80. The van der Waals surface area contributed by atoms with Crippen molar-refractivity contribution in [2.24, 2.45) is 0 Å². The van der Waals surface area contributed by atoms with E-state index in [0.717, 1.165) is 16.8 Å². The fourth-order valence-electron chi connectivity index (χ4n) is 2.52. The molecule has 3 aromatic rings. The number of hydrogen-bond acceptors (Lipinski definition) is 5. The minimum atomic E-state index is 0.466. The predicted octanol–water partition coefficient (Wildman–Crippen LogP) is 5.41. The van der Waals surface area contributed by atoms with Gasteiger partial charge in [-0.25, -0.2) is 4.98 Å². The third-order valence-corrected chi connectivity index (χ3v) is 4.98. The van der Waals surface area contributed by atoms with Crippen LogP contribution in [0.15, 0.2) is 47.8 Å². The van der Waals surface area contributed by atoms with Gasteiger partial charge in [-0.05, 0) is 43.2 Å². The van der Waals surface area contributed by atoms with Gasteiger partial charge < -0.3 is 9.47 Å². The normalized spacial score (nSPS) is 11.1. The number of nitrogens with zero attached hydrogens (tertiary/aromatic N) is 2. The summed E-state index contributed by atoms with van der Waals surface area (Å²) in [5, 5.41) is 12.1. The molecule has 0 saturated carbocycles. The number of allylic oxidation sites excluding steroid dienone is 1. The highest BCUT2D eigenvalue weighted by atomic mass is 32.1. The second-order valence-electron chi connectivity index (χ2n) is 6.15. The Hall–Kier alpha value is -3.10. The van der Waals surface area contributed by atoms with Crippen LogP contribution in [0, 0.1) is 25.2 Å². The molecular weight excluding hydrogens is 356 g/mol. The summed E-state index contributed by atoms with van der Waals surface area (Å²) in [6.07, 6.45) is 1.81. The van der Waals surface area contributed by atoms with E-state index in [-0.39, 0.29) is 0 Å². The van der Waals surface area contributed by atoms with Gasteiger partial charge >= 0.3 is 0 Å². The molecule has 0 radical (unpaired) electrons. The lowest BCUT2D eigenvalue weighted by atomic mass is 10.1. The van der Waals surface area contributed by atoms with E-state index in [1.54, 1.807) is 7.11 Å². The van der Waals surface area contributed by atoms with Gasteiger partial charge in [-0.2, -0.15) is 5.26 Å². The van der Waals surface area contributed by atoms with Crippen molar-refractivity contribution in [3.05, 3.63) is 75.2 Å². The molecule has 1 heterocycles. The largest absolute Gasteiger partial charge is 0.493 e. The Labute approximate surface area is 163 Å². The monoisotopic (exact) mass is 376 g/mol. The van der Waals surface area contributed by atoms with E-state index in [4.69, 9.17) is 9.47 Å². The second kappa shape index (κ2) is 8.52. The van der Waals surface area contributed by atoms with Gasteiger partial charge in [-0.3, -0.25) is 0 Å². The van der Waals surface area contributed by atoms with Crippen molar-refractivity contribution < 1.29 is 9.47 Å². The van der Waals surface area contributed by atoms with E-state index in [1.165, 1.54) is 16.9 Å². The standard InChI is InChI=1S/C22H20N2O2S/c1-15-4-6-17(7-5-15)13-26-20-9-8-18(11-21(20)25-3)10-19(12-23)22-24-16(2)14-27-22/h4-11,14H,13H2,1-3H3/b19-10-. The molecule has 27 heavy (non-hydrogen) atoms. The highest BCUT2D eigenvalue weighted by Gasteiger charge is 2.09. The molecule has 0 N–H and O–H groups in total. The van der Waals surface area contributed by atoms with Crippen molar-refractivity contribution in [3.63, 3.8) is 0 Å². The molecule has 0 spiro atoms. The van der Waals surface area contributed by atoms with Crippen LogP contribution in [-0.2, 0) is 6.61 Å². The van der Waals surface area contributed by atoms with Gasteiger partial charge in [0.25, 0.3) is 0 Å². The van der Waals surface area contributed by atoms with E-state index in [1.807, 2.05) is 48.7 Å². The maximum Gasteiger partial charge on any atom is 0.161 e. The van der Waals surface area contributed by atoms with Crippen LogP contribution in [-0.4, -0.2) is 12.1 Å². The third-order valence-electron chi connectivity index (χ3n) is 3.98. The number of hydrogen-bond donors (Lipinski definition) is 0. The van der Waals surface area contributed by atoms with E-state index >= 15 is 0 Å². The van der Waals surface area contributed by atoms with Crippen molar-refractivity contribution in [2.75, 3.05) is 7.11 Å². The Kier molecular flexibility index (Phi) is 5.90. The summed E-state index contributed by atoms with van der Waals surface area (Å²) in [4.78, 5) is 4.38. The molecule has 0 unspecified atom stereocenters. The molecule has 0 aliphatic heterocycles. The summed E-state index contributed by atoms with van der Waals surface area (Å²) in [7, 11) is 1.61. The van der Waals surface area contributed by atoms with Gasteiger partial charge in [0.15, 0.2) is 11.5 Å². The summed E-state index contributed by atoms with van der Waals surface area (Å²) in [5.41, 5.74) is 4.62. The minimum Gasteiger partial charge on any atom is -0.493 e. The smallest absolute Gasteiger partial charge is 0.161 e. The van der Waals surface area contributed by atoms with Crippen molar-refractivity contribution >= 4 is 23.0 Å². The first-order chi connectivity index (χ1) is 13.1. The maximum atomic E-state index is 9.45. The zero-order valence-electron chi connectivity index (χ0n) is 15.5. The molecule has 0 bridgehead atoms. The van der Waals surface area contributed by atoms with Gasteiger partial charge in [0.2, 0.25) is 0 Å². The van der Waals surface area contributed by atoms with Crippen LogP contribution in [0.3, 0.4) is 0 Å². The van der Waals surface area contributed by atoms with Gasteiger partial charge in [-0.1, -0.05) is 35.9 Å². The number of methoxy groups -OCH3 is 1. The average Bonchev–Trinajstić information content (AvgIpc) is 3.12. The SMILES string of the molecule is COc1cc(/C=C(/C#N)c2nc(C)cs2)ccc1OCc1ccc(C)cc1. The van der Waals surface area contributed by atoms with Gasteiger partial charge in [0, 0.05) is 11.1 Å². The fraction of sp³-hybridized carbons (Fsp3) is 0.182. The van der Waals surface area contributed by atoms with Crippen LogP contribution < -0.4 is 9.47 Å². The number of rotatable bonds is 6. The molecule has 1 aromatic heterocycles. The van der Waals surface area contributed by atoms with Crippen LogP contribution >= 0.6 is 11.3 Å². The molecule has 0 fully saturated rings. The lowest BCUT2D eigenvalue weighted by molar-refractivity contribution is 0.284. The molecule has 0 aliphatic rings. The molecule has 3 rings (SSSR count). The van der Waals surface area contributed by atoms with Crippen LogP contribution in [0.5, 0.6) is 11.5 Å². The Morgan fingerprint density at radius 2 is 1.93 bits per heavy atom. The number of nitriles is 1. The van der Waals surface area contributed by atoms with Crippen molar-refractivity contribution in [2.45, 2.75) is 20.5 Å². The highest BCUT2D eigenvalue weighted by molar-refractivity contribution is 7.11. The van der Waals surface area contributed by atoms with Gasteiger partial charge in [0.05, 0.1) is 12.7 Å². The Bertz CT molecular complexity index is 998. The predicted molar refractivity (Wildman–Crippen MR) is 109 cm³/mol. The van der Waals surface area contributed by atoms with Crippen LogP contribution in [0.2, 0.25) is 0 Å². The molecule has 0 atom stereocenters. The molecule has 0 amide bonds. The first-order valence-electron chi connectivity index (χ1n) is 8.49. The van der Waals surface area contributed by atoms with Crippen molar-refractivity contribution in [1.82, 2.24) is 4.98 Å². The first kappa shape index (κ1) is 18.7. The molecule has 0 saturated heterocycles. The number of benzene rings is 2. The molecular formula is C22H20N2O2S. The first-order valence-corrected chi connectivity index (χ1v) is 9.37. The molecule has 5 heteroatoms. The van der Waals surface area contributed by atoms with Crippen LogP contribution in [0.25, 0.3) is 11.6 Å². The average molecular weight is 376 g/mol. The number of ether oxygens (including phenoxy) is 2. The van der Waals surface area contributed by atoms with Crippen LogP contribution in [0.1, 0.15) is 27.4 Å². The minimum absolute atomic E-state index is 0.466. The third kappa shape index (κ3) is 4.75. The highest BCUT2D eigenvalue weighted by Crippen LogP contribution is 2.31. The number of aryl methyl sites for hydroxylation is 2. The molecule has 2 aromatic carbocycles. The lowest BCUT2D eigenvalue weighted by Gasteiger charge is -2.11. The zero-order valence-corrected chi connectivity index (χ0v) is 16.3. The molecule has 136 valence electrons. The van der Waals surface area contributed by atoms with E-state index < -0.39 is 0 Å². The van der Waals surface area contributed by atoms with Crippen molar-refractivity contribution in [1.29, 1.82) is 5.26 Å². The van der Waals surface area contributed by atoms with Crippen LogP contribution in [0.4, 0.5) is 0 Å². The number of aromatic nitrogens is 1. The summed E-state index contributed by atoms with van der Waals surface area (Å²) in [6.45, 7) is 4.44. The maximum absolute atomic E-state index is 9.45. The molecule has 0 aliphatic carbocycles. The quantitative estimate of drug-likeness (QED) is 0.540. The van der Waals surface area contributed by atoms with E-state index in [2.05, 4.69) is 30.1 Å². The Morgan fingerprint density at radius 1 is 1.15 bits per heavy atom. The molecule has 4 nitrogen and oxygen atoms in total. The Morgan fingerprint density at radius 3 is 2.56 bits per heavy atom. The van der Waals surface area contributed by atoms with E-state index in [9.17, 15) is 5.26 Å². The van der Waals surface area contributed by atoms with E-state index in [0.29, 0.717) is 28.7 Å². The summed E-state index contributed by atoms with van der Waals surface area (Å²) in [5.74, 6) is 1.29. The van der Waals surface area contributed by atoms with Gasteiger partial charge in [0.1, 0.15) is 17.7 Å².